The molecule has 0 spiro atoms. The molecule has 126 valence electrons. The fourth-order valence-electron chi connectivity index (χ4n) is 2.15. The second-order valence-corrected chi connectivity index (χ2v) is 6.66. The minimum atomic E-state index is -1.01. The van der Waals surface area contributed by atoms with Crippen molar-refractivity contribution in [1.82, 2.24) is 0 Å². The molecule has 0 amide bonds. The highest BCUT2D eigenvalue weighted by Crippen LogP contribution is 2.29. The van der Waals surface area contributed by atoms with Crippen molar-refractivity contribution in [3.8, 4) is 5.75 Å². The molecule has 0 atom stereocenters. The molecule has 0 bridgehead atoms. The number of allylic oxidation sites excluding steroid dienone is 2. The zero-order valence-corrected chi connectivity index (χ0v) is 14.3. The van der Waals surface area contributed by atoms with Gasteiger partial charge in [0.25, 0.3) is 0 Å². The smallest absolute Gasteiger partial charge is 0.328 e. The van der Waals surface area contributed by atoms with Crippen LogP contribution in [0.1, 0.15) is 50.8 Å². The minimum absolute atomic E-state index is 0.222. The lowest BCUT2D eigenvalue weighted by molar-refractivity contribution is -0.131. The molecule has 0 aromatic heterocycles. The van der Waals surface area contributed by atoms with Gasteiger partial charge in [-0.2, -0.15) is 0 Å². The number of hydrogen-bond donors (Lipinski definition) is 3. The van der Waals surface area contributed by atoms with E-state index in [9.17, 15) is 15.0 Å². The molecular weight excluding hydrogens is 292 g/mol. The number of carbonyl (C=O) groups is 1. The fourth-order valence-corrected chi connectivity index (χ4v) is 2.15. The molecule has 0 aliphatic rings. The molecule has 1 rings (SSSR count). The summed E-state index contributed by atoms with van der Waals surface area (Å²) >= 11 is 0. The van der Waals surface area contributed by atoms with Crippen LogP contribution in [0.15, 0.2) is 29.9 Å². The van der Waals surface area contributed by atoms with Gasteiger partial charge in [0, 0.05) is 6.08 Å². The Morgan fingerprint density at radius 3 is 2.35 bits per heavy atom. The SMILES string of the molecule is CC(C)=CCc1cc(/C=C/C(=O)O)cc(CCC(C)(C)O)c1O. The lowest BCUT2D eigenvalue weighted by atomic mass is 9.94. The van der Waals surface area contributed by atoms with Crippen molar-refractivity contribution in [3.05, 3.63) is 46.5 Å². The van der Waals surface area contributed by atoms with Crippen LogP contribution in [-0.4, -0.2) is 26.9 Å². The highest BCUT2D eigenvalue weighted by Gasteiger charge is 2.15. The van der Waals surface area contributed by atoms with Crippen LogP contribution < -0.4 is 0 Å². The quantitative estimate of drug-likeness (QED) is 0.529. The van der Waals surface area contributed by atoms with Gasteiger partial charge in [-0.15, -0.1) is 0 Å². The third-order valence-corrected chi connectivity index (χ3v) is 3.44. The van der Waals surface area contributed by atoms with Gasteiger partial charge in [-0.25, -0.2) is 4.79 Å². The highest BCUT2D eigenvalue weighted by atomic mass is 16.4. The second-order valence-electron chi connectivity index (χ2n) is 6.66. The van der Waals surface area contributed by atoms with E-state index in [1.165, 1.54) is 6.08 Å². The van der Waals surface area contributed by atoms with Crippen LogP contribution in [0.3, 0.4) is 0 Å². The number of hydrogen-bond acceptors (Lipinski definition) is 3. The Bertz CT molecular complexity index is 615. The third-order valence-electron chi connectivity index (χ3n) is 3.44. The average Bonchev–Trinajstić information content (AvgIpc) is 2.42. The first-order chi connectivity index (χ1) is 10.6. The van der Waals surface area contributed by atoms with Crippen LogP contribution in [0.5, 0.6) is 5.75 Å². The van der Waals surface area contributed by atoms with Crippen molar-refractivity contribution in [1.29, 1.82) is 0 Å². The van der Waals surface area contributed by atoms with Crippen LogP contribution in [0, 0.1) is 0 Å². The summed E-state index contributed by atoms with van der Waals surface area (Å²) in [6.45, 7) is 7.42. The molecule has 0 heterocycles. The normalized spacial score (nSPS) is 11.7. The zero-order chi connectivity index (χ0) is 17.6. The number of aromatic hydroxyl groups is 1. The van der Waals surface area contributed by atoms with Gasteiger partial charge in [0.1, 0.15) is 5.75 Å². The van der Waals surface area contributed by atoms with E-state index in [0.717, 1.165) is 28.3 Å². The molecule has 4 nitrogen and oxygen atoms in total. The van der Waals surface area contributed by atoms with Crippen molar-refractivity contribution >= 4 is 12.0 Å². The molecule has 4 heteroatoms. The number of benzene rings is 1. The Balaban J connectivity index is 3.19. The lowest BCUT2D eigenvalue weighted by Crippen LogP contribution is -2.19. The van der Waals surface area contributed by atoms with E-state index in [1.54, 1.807) is 26.0 Å². The van der Waals surface area contributed by atoms with Gasteiger partial charge < -0.3 is 15.3 Å². The summed E-state index contributed by atoms with van der Waals surface area (Å²) in [5, 5.41) is 29.1. The number of carboxylic acid groups (broad SMARTS) is 1. The predicted molar refractivity (Wildman–Crippen MR) is 92.5 cm³/mol. The third kappa shape index (κ3) is 7.15. The first-order valence-electron chi connectivity index (χ1n) is 7.70. The maximum Gasteiger partial charge on any atom is 0.328 e. The van der Waals surface area contributed by atoms with Crippen LogP contribution in [0.2, 0.25) is 0 Å². The maximum absolute atomic E-state index is 10.7. The van der Waals surface area contributed by atoms with Gasteiger partial charge in [-0.1, -0.05) is 11.6 Å². The van der Waals surface area contributed by atoms with E-state index < -0.39 is 11.6 Å². The number of phenols is 1. The van der Waals surface area contributed by atoms with E-state index in [4.69, 9.17) is 5.11 Å². The Kier molecular flexibility index (Phi) is 6.58. The summed E-state index contributed by atoms with van der Waals surface area (Å²) in [5.41, 5.74) is 2.53. The highest BCUT2D eigenvalue weighted by molar-refractivity contribution is 5.85. The summed E-state index contributed by atoms with van der Waals surface area (Å²) in [7, 11) is 0. The summed E-state index contributed by atoms with van der Waals surface area (Å²) in [6.07, 6.45) is 6.22. The predicted octanol–water partition coefficient (Wildman–Crippen LogP) is 3.70. The zero-order valence-electron chi connectivity index (χ0n) is 14.3. The number of aliphatic hydroxyl groups is 1. The first kappa shape index (κ1) is 19.0. The van der Waals surface area contributed by atoms with E-state index in [1.807, 2.05) is 19.9 Å². The van der Waals surface area contributed by atoms with Gasteiger partial charge in [0.2, 0.25) is 0 Å². The molecule has 0 unspecified atom stereocenters. The van der Waals surface area contributed by atoms with E-state index in [2.05, 4.69) is 0 Å². The van der Waals surface area contributed by atoms with Gasteiger partial charge in [0.15, 0.2) is 0 Å². The molecule has 0 saturated heterocycles. The van der Waals surface area contributed by atoms with Crippen LogP contribution in [0.4, 0.5) is 0 Å². The summed E-state index contributed by atoms with van der Waals surface area (Å²) in [6, 6.07) is 3.56. The molecule has 0 aliphatic heterocycles. The first-order valence-corrected chi connectivity index (χ1v) is 7.70. The number of aliphatic carboxylic acids is 1. The van der Waals surface area contributed by atoms with Gasteiger partial charge >= 0.3 is 5.97 Å². The molecule has 0 radical (unpaired) electrons. The largest absolute Gasteiger partial charge is 0.507 e. The molecule has 23 heavy (non-hydrogen) atoms. The molecule has 1 aromatic rings. The fraction of sp³-hybridized carbons (Fsp3) is 0.421. The molecule has 0 saturated carbocycles. The topological polar surface area (TPSA) is 77.8 Å². The molecule has 3 N–H and O–H groups in total. The molecule has 1 aromatic carbocycles. The van der Waals surface area contributed by atoms with E-state index in [0.29, 0.717) is 19.3 Å². The van der Waals surface area contributed by atoms with E-state index in [-0.39, 0.29) is 5.75 Å². The second kappa shape index (κ2) is 7.97. The lowest BCUT2D eigenvalue weighted by Gasteiger charge is -2.18. The standard InChI is InChI=1S/C19H26O4/c1-13(2)5-7-15-11-14(6-8-17(20)21)12-16(18(15)22)9-10-19(3,4)23/h5-6,8,11-12,22-23H,7,9-10H2,1-4H3,(H,20,21)/b8-6+. The number of aryl methyl sites for hydroxylation is 1. The van der Waals surface area contributed by atoms with Crippen LogP contribution in [-0.2, 0) is 17.6 Å². The van der Waals surface area contributed by atoms with Crippen LogP contribution in [0.25, 0.3) is 6.08 Å². The van der Waals surface area contributed by atoms with Crippen molar-refractivity contribution in [2.45, 2.75) is 52.6 Å². The monoisotopic (exact) mass is 318 g/mol. The maximum atomic E-state index is 10.7. The van der Waals surface area contributed by atoms with Crippen molar-refractivity contribution in [2.24, 2.45) is 0 Å². The minimum Gasteiger partial charge on any atom is -0.507 e. The Morgan fingerprint density at radius 2 is 1.83 bits per heavy atom. The van der Waals surface area contributed by atoms with Crippen molar-refractivity contribution in [3.63, 3.8) is 0 Å². The summed E-state index contributed by atoms with van der Waals surface area (Å²) in [5.74, 6) is -0.791. The Labute approximate surface area is 137 Å². The number of phenolic OH excluding ortho intramolecular Hbond substituents is 1. The van der Waals surface area contributed by atoms with Crippen LogP contribution >= 0.6 is 0 Å². The average molecular weight is 318 g/mol. The van der Waals surface area contributed by atoms with Gasteiger partial charge in [-0.3, -0.25) is 0 Å². The molecule has 0 fully saturated rings. The van der Waals surface area contributed by atoms with Gasteiger partial charge in [-0.05, 0) is 81.9 Å². The number of carboxylic acids is 1. The summed E-state index contributed by atoms with van der Waals surface area (Å²) < 4.78 is 0. The summed E-state index contributed by atoms with van der Waals surface area (Å²) in [4.78, 5) is 10.7. The Morgan fingerprint density at radius 1 is 1.22 bits per heavy atom. The Hall–Kier alpha value is -2.07. The van der Waals surface area contributed by atoms with E-state index >= 15 is 0 Å². The van der Waals surface area contributed by atoms with Gasteiger partial charge in [0.05, 0.1) is 5.60 Å². The molecular formula is C19H26O4. The van der Waals surface area contributed by atoms with Crippen molar-refractivity contribution in [2.75, 3.05) is 0 Å². The van der Waals surface area contributed by atoms with Crippen molar-refractivity contribution < 1.29 is 20.1 Å². The molecule has 0 aliphatic carbocycles. The number of rotatable bonds is 7.